The van der Waals surface area contributed by atoms with Gasteiger partial charge in [0, 0.05) is 12.6 Å². The highest BCUT2D eigenvalue weighted by atomic mass is 16.5. The molecule has 0 bridgehead atoms. The molecule has 0 aromatic rings. The zero-order chi connectivity index (χ0) is 10.6. The average molecular weight is 199 g/mol. The Labute approximate surface area is 88.2 Å². The van der Waals surface area contributed by atoms with E-state index in [1.165, 1.54) is 19.3 Å². The molecule has 0 spiro atoms. The number of hydrogen-bond donors (Lipinski definition) is 1. The first-order chi connectivity index (χ1) is 6.69. The van der Waals surface area contributed by atoms with Crippen LogP contribution in [0.25, 0.3) is 0 Å². The van der Waals surface area contributed by atoms with Crippen LogP contribution in [0.5, 0.6) is 0 Å². The van der Waals surface area contributed by atoms with E-state index in [9.17, 15) is 0 Å². The molecule has 0 aliphatic heterocycles. The molecule has 1 saturated carbocycles. The van der Waals surface area contributed by atoms with Gasteiger partial charge in [-0.05, 0) is 38.0 Å². The summed E-state index contributed by atoms with van der Waals surface area (Å²) in [5.41, 5.74) is 6.20. The predicted molar refractivity (Wildman–Crippen MR) is 60.2 cm³/mol. The molecule has 0 aromatic heterocycles. The number of nitrogens with two attached hydrogens (primary N) is 1. The second-order valence-electron chi connectivity index (χ2n) is 4.67. The van der Waals surface area contributed by atoms with Crippen LogP contribution in [0, 0.1) is 11.8 Å². The van der Waals surface area contributed by atoms with Crippen LogP contribution in [-0.4, -0.2) is 18.8 Å². The van der Waals surface area contributed by atoms with E-state index in [0.29, 0.717) is 6.10 Å². The molecule has 0 radical (unpaired) electrons. The number of rotatable bonds is 7. The predicted octanol–water partition coefficient (Wildman–Crippen LogP) is 2.57. The lowest BCUT2D eigenvalue weighted by molar-refractivity contribution is 0.0234. The summed E-state index contributed by atoms with van der Waals surface area (Å²) < 4.78 is 5.75. The minimum absolute atomic E-state index is 0.248. The molecule has 1 aliphatic carbocycles. The maximum atomic E-state index is 6.20. The van der Waals surface area contributed by atoms with Gasteiger partial charge >= 0.3 is 0 Å². The van der Waals surface area contributed by atoms with E-state index in [1.54, 1.807) is 0 Å². The van der Waals surface area contributed by atoms with Crippen LogP contribution in [0.2, 0.25) is 0 Å². The van der Waals surface area contributed by atoms with Gasteiger partial charge in [-0.2, -0.15) is 0 Å². The Kier molecular flexibility index (Phi) is 4.90. The molecule has 0 aromatic carbocycles. The van der Waals surface area contributed by atoms with Crippen LogP contribution >= 0.6 is 0 Å². The third kappa shape index (κ3) is 3.58. The summed E-state index contributed by atoms with van der Waals surface area (Å²) in [4.78, 5) is 0. The lowest BCUT2D eigenvalue weighted by Gasteiger charge is -2.25. The Morgan fingerprint density at radius 2 is 2.00 bits per heavy atom. The van der Waals surface area contributed by atoms with Crippen molar-refractivity contribution in [2.24, 2.45) is 17.6 Å². The molecule has 1 aliphatic rings. The van der Waals surface area contributed by atoms with Crippen LogP contribution in [0.3, 0.4) is 0 Å². The van der Waals surface area contributed by atoms with Crippen LogP contribution in [0.15, 0.2) is 0 Å². The highest BCUT2D eigenvalue weighted by Gasteiger charge is 2.35. The second kappa shape index (κ2) is 5.72. The summed E-state index contributed by atoms with van der Waals surface area (Å²) in [6.45, 7) is 7.36. The van der Waals surface area contributed by atoms with Crippen molar-refractivity contribution < 1.29 is 4.74 Å². The van der Waals surface area contributed by atoms with E-state index in [2.05, 4.69) is 20.8 Å². The van der Waals surface area contributed by atoms with E-state index in [-0.39, 0.29) is 6.04 Å². The van der Waals surface area contributed by atoms with Gasteiger partial charge in [0.1, 0.15) is 0 Å². The van der Waals surface area contributed by atoms with Crippen LogP contribution < -0.4 is 5.73 Å². The van der Waals surface area contributed by atoms with Gasteiger partial charge in [-0.1, -0.05) is 20.3 Å². The lowest BCUT2D eigenvalue weighted by Crippen LogP contribution is -2.39. The molecule has 3 atom stereocenters. The molecular weight excluding hydrogens is 174 g/mol. The van der Waals surface area contributed by atoms with Crippen molar-refractivity contribution >= 4 is 0 Å². The van der Waals surface area contributed by atoms with Crippen LogP contribution in [-0.2, 0) is 4.74 Å². The van der Waals surface area contributed by atoms with E-state index < -0.39 is 0 Å². The van der Waals surface area contributed by atoms with E-state index in [4.69, 9.17) is 10.5 Å². The van der Waals surface area contributed by atoms with Crippen LogP contribution in [0.4, 0.5) is 0 Å². The van der Waals surface area contributed by atoms with Gasteiger partial charge in [-0.3, -0.25) is 0 Å². The fraction of sp³-hybridized carbons (Fsp3) is 1.00. The Bertz CT molecular complexity index is 156. The highest BCUT2D eigenvalue weighted by Crippen LogP contribution is 2.36. The third-order valence-electron chi connectivity index (χ3n) is 3.24. The summed E-state index contributed by atoms with van der Waals surface area (Å²) >= 11 is 0. The molecule has 0 amide bonds. The van der Waals surface area contributed by atoms with Crippen molar-refractivity contribution in [3.05, 3.63) is 0 Å². The van der Waals surface area contributed by atoms with E-state index >= 15 is 0 Å². The molecule has 0 heterocycles. The summed E-state index contributed by atoms with van der Waals surface area (Å²) in [6.07, 6.45) is 5.29. The standard InChI is InChI=1S/C12H25NO/c1-4-9(3)8-11(13)12(14-5-2)10-6-7-10/h9-12H,4-8,13H2,1-3H3. The monoisotopic (exact) mass is 199 g/mol. The van der Waals surface area contributed by atoms with Crippen molar-refractivity contribution in [2.75, 3.05) is 6.61 Å². The zero-order valence-corrected chi connectivity index (χ0v) is 9.83. The maximum Gasteiger partial charge on any atom is 0.0753 e. The molecule has 2 N–H and O–H groups in total. The molecule has 1 rings (SSSR count). The van der Waals surface area contributed by atoms with Crippen molar-refractivity contribution in [1.82, 2.24) is 0 Å². The quantitative estimate of drug-likeness (QED) is 0.684. The largest absolute Gasteiger partial charge is 0.377 e. The Morgan fingerprint density at radius 3 is 2.43 bits per heavy atom. The third-order valence-corrected chi connectivity index (χ3v) is 3.24. The van der Waals surface area contributed by atoms with Gasteiger partial charge in [-0.25, -0.2) is 0 Å². The van der Waals surface area contributed by atoms with Crippen molar-refractivity contribution in [1.29, 1.82) is 0 Å². The van der Waals surface area contributed by atoms with Crippen LogP contribution in [0.1, 0.15) is 46.5 Å². The Hall–Kier alpha value is -0.0800. The van der Waals surface area contributed by atoms with Crippen molar-refractivity contribution in [3.8, 4) is 0 Å². The molecule has 3 unspecified atom stereocenters. The smallest absolute Gasteiger partial charge is 0.0753 e. The second-order valence-corrected chi connectivity index (χ2v) is 4.67. The topological polar surface area (TPSA) is 35.2 Å². The molecule has 2 heteroatoms. The lowest BCUT2D eigenvalue weighted by atomic mass is 9.94. The maximum absolute atomic E-state index is 6.20. The fourth-order valence-electron chi connectivity index (χ4n) is 1.99. The minimum atomic E-state index is 0.248. The summed E-state index contributed by atoms with van der Waals surface area (Å²) in [5, 5.41) is 0. The van der Waals surface area contributed by atoms with Gasteiger partial charge in [0.2, 0.25) is 0 Å². The fourth-order valence-corrected chi connectivity index (χ4v) is 1.99. The molecular formula is C12H25NO. The van der Waals surface area contributed by atoms with Gasteiger partial charge in [0.15, 0.2) is 0 Å². The van der Waals surface area contributed by atoms with Gasteiger partial charge in [-0.15, -0.1) is 0 Å². The van der Waals surface area contributed by atoms with E-state index in [1.807, 2.05) is 0 Å². The summed E-state index contributed by atoms with van der Waals surface area (Å²) in [6, 6.07) is 0.248. The summed E-state index contributed by atoms with van der Waals surface area (Å²) in [5.74, 6) is 1.49. The summed E-state index contributed by atoms with van der Waals surface area (Å²) in [7, 11) is 0. The van der Waals surface area contributed by atoms with Crippen molar-refractivity contribution in [2.45, 2.75) is 58.6 Å². The number of ether oxygens (including phenoxy) is 1. The van der Waals surface area contributed by atoms with E-state index in [0.717, 1.165) is 24.9 Å². The first kappa shape index (κ1) is 12.0. The minimum Gasteiger partial charge on any atom is -0.377 e. The first-order valence-electron chi connectivity index (χ1n) is 6.06. The Morgan fingerprint density at radius 1 is 1.36 bits per heavy atom. The highest BCUT2D eigenvalue weighted by molar-refractivity contribution is 4.89. The average Bonchev–Trinajstić information content (AvgIpc) is 2.97. The zero-order valence-electron chi connectivity index (χ0n) is 9.83. The Balaban J connectivity index is 2.33. The molecule has 84 valence electrons. The SMILES string of the molecule is CCOC(C(N)CC(C)CC)C1CC1. The normalized spacial score (nSPS) is 23.1. The molecule has 14 heavy (non-hydrogen) atoms. The first-order valence-corrected chi connectivity index (χ1v) is 6.06. The van der Waals surface area contributed by atoms with Gasteiger partial charge in [0.05, 0.1) is 6.10 Å². The number of hydrogen-bond acceptors (Lipinski definition) is 2. The van der Waals surface area contributed by atoms with Gasteiger partial charge in [0.25, 0.3) is 0 Å². The molecule has 2 nitrogen and oxygen atoms in total. The molecule has 0 saturated heterocycles. The molecule has 1 fully saturated rings. The van der Waals surface area contributed by atoms with Gasteiger partial charge < -0.3 is 10.5 Å². The van der Waals surface area contributed by atoms with Crippen molar-refractivity contribution in [3.63, 3.8) is 0 Å².